The fourth-order valence-corrected chi connectivity index (χ4v) is 1.98. The SMILES string of the molecule is C/C(=C\C(=O)NCC1(CO)COC1)c1cccc(F)c1. The number of rotatable bonds is 5. The lowest BCUT2D eigenvalue weighted by molar-refractivity contribution is -0.139. The second-order valence-electron chi connectivity index (χ2n) is 5.21. The Morgan fingerprint density at radius 2 is 2.30 bits per heavy atom. The third-order valence-electron chi connectivity index (χ3n) is 3.42. The van der Waals surface area contributed by atoms with Crippen LogP contribution in [0.1, 0.15) is 12.5 Å². The van der Waals surface area contributed by atoms with E-state index in [2.05, 4.69) is 5.32 Å². The molecule has 0 spiro atoms. The Kier molecular flexibility index (Phi) is 4.52. The van der Waals surface area contributed by atoms with Crippen LogP contribution in [-0.4, -0.2) is 37.4 Å². The molecule has 1 aliphatic heterocycles. The smallest absolute Gasteiger partial charge is 0.244 e. The van der Waals surface area contributed by atoms with Crippen LogP contribution in [0, 0.1) is 11.2 Å². The summed E-state index contributed by atoms with van der Waals surface area (Å²) in [5.74, 6) is -0.590. The van der Waals surface area contributed by atoms with Crippen LogP contribution in [0.3, 0.4) is 0 Å². The van der Waals surface area contributed by atoms with Crippen molar-refractivity contribution in [1.82, 2.24) is 5.32 Å². The van der Waals surface area contributed by atoms with E-state index < -0.39 is 0 Å². The van der Waals surface area contributed by atoms with Gasteiger partial charge in [-0.05, 0) is 30.2 Å². The minimum atomic E-state index is -0.351. The van der Waals surface area contributed by atoms with Crippen LogP contribution in [0.25, 0.3) is 5.57 Å². The predicted molar refractivity (Wildman–Crippen MR) is 73.4 cm³/mol. The van der Waals surface area contributed by atoms with Crippen LogP contribution in [0.4, 0.5) is 4.39 Å². The van der Waals surface area contributed by atoms with E-state index in [1.54, 1.807) is 19.1 Å². The molecular weight excluding hydrogens is 261 g/mol. The maximum atomic E-state index is 13.1. The molecule has 0 saturated carbocycles. The van der Waals surface area contributed by atoms with E-state index in [0.717, 1.165) is 0 Å². The largest absolute Gasteiger partial charge is 0.396 e. The summed E-state index contributed by atoms with van der Waals surface area (Å²) in [7, 11) is 0. The Hall–Kier alpha value is -1.72. The van der Waals surface area contributed by atoms with Gasteiger partial charge >= 0.3 is 0 Å². The highest BCUT2D eigenvalue weighted by atomic mass is 19.1. The molecule has 1 amide bonds. The van der Waals surface area contributed by atoms with Gasteiger partial charge in [0.15, 0.2) is 0 Å². The van der Waals surface area contributed by atoms with Gasteiger partial charge in [-0.2, -0.15) is 0 Å². The highest BCUT2D eigenvalue weighted by molar-refractivity contribution is 5.94. The number of halogens is 1. The predicted octanol–water partition coefficient (Wildman–Crippen LogP) is 1.35. The summed E-state index contributed by atoms with van der Waals surface area (Å²) >= 11 is 0. The Morgan fingerprint density at radius 3 is 2.85 bits per heavy atom. The molecule has 0 aliphatic carbocycles. The Bertz CT molecular complexity index is 518. The maximum absolute atomic E-state index is 13.1. The lowest BCUT2D eigenvalue weighted by Gasteiger charge is -2.39. The van der Waals surface area contributed by atoms with Crippen molar-refractivity contribution in [3.8, 4) is 0 Å². The Labute approximate surface area is 117 Å². The number of aliphatic hydroxyl groups excluding tert-OH is 1. The van der Waals surface area contributed by atoms with Crippen molar-refractivity contribution in [2.45, 2.75) is 6.92 Å². The molecule has 1 saturated heterocycles. The maximum Gasteiger partial charge on any atom is 0.244 e. The molecule has 1 aromatic rings. The van der Waals surface area contributed by atoms with Crippen LogP contribution in [0.15, 0.2) is 30.3 Å². The van der Waals surface area contributed by atoms with E-state index in [0.29, 0.717) is 30.9 Å². The van der Waals surface area contributed by atoms with E-state index >= 15 is 0 Å². The summed E-state index contributed by atoms with van der Waals surface area (Å²) in [5, 5.41) is 12.0. The van der Waals surface area contributed by atoms with Gasteiger partial charge in [-0.3, -0.25) is 4.79 Å². The van der Waals surface area contributed by atoms with Crippen LogP contribution in [0.2, 0.25) is 0 Å². The lowest BCUT2D eigenvalue weighted by atomic mass is 9.87. The molecule has 0 bridgehead atoms. The van der Waals surface area contributed by atoms with Gasteiger partial charge in [0.2, 0.25) is 5.91 Å². The first-order chi connectivity index (χ1) is 9.54. The third-order valence-corrected chi connectivity index (χ3v) is 3.42. The van der Waals surface area contributed by atoms with Crippen molar-refractivity contribution < 1.29 is 19.0 Å². The molecule has 0 atom stereocenters. The Morgan fingerprint density at radius 1 is 1.55 bits per heavy atom. The number of allylic oxidation sites excluding steroid dienone is 1. The highest BCUT2D eigenvalue weighted by Gasteiger charge is 2.38. The molecular formula is C15H18FNO3. The van der Waals surface area contributed by atoms with E-state index in [1.807, 2.05) is 0 Å². The molecule has 5 heteroatoms. The van der Waals surface area contributed by atoms with Gasteiger partial charge in [0.1, 0.15) is 5.82 Å². The fraction of sp³-hybridized carbons (Fsp3) is 0.400. The molecule has 1 fully saturated rings. The summed E-state index contributed by atoms with van der Waals surface area (Å²) in [6.45, 7) is 3.02. The monoisotopic (exact) mass is 279 g/mol. The molecule has 0 unspecified atom stereocenters. The van der Waals surface area contributed by atoms with Crippen LogP contribution in [0.5, 0.6) is 0 Å². The zero-order chi connectivity index (χ0) is 14.6. The average molecular weight is 279 g/mol. The topological polar surface area (TPSA) is 58.6 Å². The summed E-state index contributed by atoms with van der Waals surface area (Å²) in [6.07, 6.45) is 1.43. The van der Waals surface area contributed by atoms with Gasteiger partial charge in [-0.1, -0.05) is 12.1 Å². The van der Waals surface area contributed by atoms with Gasteiger partial charge < -0.3 is 15.2 Å². The molecule has 2 rings (SSSR count). The van der Waals surface area contributed by atoms with Gasteiger partial charge in [0.05, 0.1) is 25.2 Å². The van der Waals surface area contributed by atoms with Crippen molar-refractivity contribution in [3.05, 3.63) is 41.7 Å². The molecule has 1 aliphatic rings. The van der Waals surface area contributed by atoms with Crippen molar-refractivity contribution in [3.63, 3.8) is 0 Å². The van der Waals surface area contributed by atoms with Gasteiger partial charge in [-0.15, -0.1) is 0 Å². The normalized spacial score (nSPS) is 17.4. The third kappa shape index (κ3) is 3.43. The minimum Gasteiger partial charge on any atom is -0.396 e. The van der Waals surface area contributed by atoms with Crippen molar-refractivity contribution in [2.24, 2.45) is 5.41 Å². The summed E-state index contributed by atoms with van der Waals surface area (Å²) in [5.41, 5.74) is 1.00. The van der Waals surface area contributed by atoms with E-state index in [9.17, 15) is 14.3 Å². The number of carbonyl (C=O) groups excluding carboxylic acids is 1. The molecule has 20 heavy (non-hydrogen) atoms. The minimum absolute atomic E-state index is 0.0140. The number of ether oxygens (including phenoxy) is 1. The quantitative estimate of drug-likeness (QED) is 0.800. The van der Waals surface area contributed by atoms with Gasteiger partial charge in [0.25, 0.3) is 0 Å². The first kappa shape index (κ1) is 14.7. The lowest BCUT2D eigenvalue weighted by Crippen LogP contribution is -2.53. The first-order valence-electron chi connectivity index (χ1n) is 6.45. The van der Waals surface area contributed by atoms with Crippen molar-refractivity contribution in [2.75, 3.05) is 26.4 Å². The van der Waals surface area contributed by atoms with E-state index in [1.165, 1.54) is 18.2 Å². The molecule has 4 nitrogen and oxygen atoms in total. The molecule has 0 aromatic heterocycles. The van der Waals surface area contributed by atoms with Gasteiger partial charge in [-0.25, -0.2) is 4.39 Å². The summed E-state index contributed by atoms with van der Waals surface area (Å²) in [4.78, 5) is 11.8. The molecule has 1 heterocycles. The number of hydrogen-bond donors (Lipinski definition) is 2. The molecule has 108 valence electrons. The van der Waals surface area contributed by atoms with Crippen LogP contribution >= 0.6 is 0 Å². The standard InChI is InChI=1S/C15H18FNO3/c1-11(12-3-2-4-13(16)6-12)5-14(19)17-7-15(8-18)9-20-10-15/h2-6,18H,7-10H2,1H3,(H,17,19)/b11-5+. The van der Waals surface area contributed by atoms with E-state index in [4.69, 9.17) is 4.74 Å². The number of amides is 1. The van der Waals surface area contributed by atoms with Crippen molar-refractivity contribution >= 4 is 11.5 Å². The second kappa shape index (κ2) is 6.15. The van der Waals surface area contributed by atoms with E-state index in [-0.39, 0.29) is 23.7 Å². The number of nitrogens with one attached hydrogen (secondary N) is 1. The van der Waals surface area contributed by atoms with Crippen molar-refractivity contribution in [1.29, 1.82) is 0 Å². The Balaban J connectivity index is 1.94. The molecule has 2 N–H and O–H groups in total. The first-order valence-corrected chi connectivity index (χ1v) is 6.45. The zero-order valence-corrected chi connectivity index (χ0v) is 11.4. The number of aliphatic hydroxyl groups is 1. The molecule has 1 aromatic carbocycles. The zero-order valence-electron chi connectivity index (χ0n) is 11.4. The number of hydrogen-bond acceptors (Lipinski definition) is 3. The average Bonchev–Trinajstić information content (AvgIpc) is 2.38. The molecule has 0 radical (unpaired) electrons. The van der Waals surface area contributed by atoms with Crippen LogP contribution < -0.4 is 5.32 Å². The summed E-state index contributed by atoms with van der Waals surface area (Å²) in [6, 6.07) is 6.09. The second-order valence-corrected chi connectivity index (χ2v) is 5.21. The fourth-order valence-electron chi connectivity index (χ4n) is 1.98. The highest BCUT2D eigenvalue weighted by Crippen LogP contribution is 2.25. The number of carbonyl (C=O) groups is 1. The van der Waals surface area contributed by atoms with Gasteiger partial charge in [0, 0.05) is 12.6 Å². The number of benzene rings is 1. The summed E-state index contributed by atoms with van der Waals surface area (Å²) < 4.78 is 18.2. The van der Waals surface area contributed by atoms with Crippen LogP contribution in [-0.2, 0) is 9.53 Å².